The van der Waals surface area contributed by atoms with E-state index in [0.29, 0.717) is 0 Å². The topological polar surface area (TPSA) is 40.5 Å². The summed E-state index contributed by atoms with van der Waals surface area (Å²) < 4.78 is 0. The average molecular weight is 129 g/mol. The summed E-state index contributed by atoms with van der Waals surface area (Å²) in [6, 6.07) is 0. The van der Waals surface area contributed by atoms with Crippen LogP contribution in [0.1, 0.15) is 6.42 Å². The van der Waals surface area contributed by atoms with E-state index in [1.54, 1.807) is 11.9 Å². The van der Waals surface area contributed by atoms with Crippen molar-refractivity contribution >= 4 is 5.91 Å². The van der Waals surface area contributed by atoms with E-state index < -0.39 is 0 Å². The maximum absolute atomic E-state index is 10.9. The number of likely N-dealkylation sites (tertiary alicyclic amines) is 1. The van der Waals surface area contributed by atoms with Crippen LogP contribution in [0, 0.1) is 5.92 Å². The number of carbonyl (C=O) groups excluding carboxylic acids is 1. The number of aliphatic hydroxyl groups is 1. The summed E-state index contributed by atoms with van der Waals surface area (Å²) in [5, 5.41) is 8.61. The molecule has 0 unspecified atom stereocenters. The molecular weight excluding hydrogens is 118 g/mol. The lowest BCUT2D eigenvalue weighted by Gasteiger charge is -2.06. The van der Waals surface area contributed by atoms with Crippen molar-refractivity contribution in [2.24, 2.45) is 5.92 Å². The van der Waals surface area contributed by atoms with Crippen LogP contribution < -0.4 is 0 Å². The molecule has 0 aliphatic carbocycles. The van der Waals surface area contributed by atoms with Gasteiger partial charge in [0.1, 0.15) is 0 Å². The highest BCUT2D eigenvalue weighted by atomic mass is 16.3. The molecule has 1 N–H and O–H groups in total. The fraction of sp³-hybridized carbons (Fsp3) is 0.833. The van der Waals surface area contributed by atoms with E-state index in [1.165, 1.54) is 0 Å². The van der Waals surface area contributed by atoms with Gasteiger partial charge < -0.3 is 10.0 Å². The Hall–Kier alpha value is -0.570. The number of carbonyl (C=O) groups is 1. The zero-order valence-corrected chi connectivity index (χ0v) is 5.50. The summed E-state index contributed by atoms with van der Waals surface area (Å²) in [6.45, 7) is 0.799. The van der Waals surface area contributed by atoms with E-state index in [2.05, 4.69) is 0 Å². The summed E-state index contributed by atoms with van der Waals surface area (Å²) in [5.74, 6) is -0.0347. The molecule has 1 saturated heterocycles. The van der Waals surface area contributed by atoms with Gasteiger partial charge in [0, 0.05) is 13.6 Å². The van der Waals surface area contributed by atoms with Crippen LogP contribution in [-0.2, 0) is 4.79 Å². The first kappa shape index (κ1) is 6.55. The summed E-state index contributed by atoms with van der Waals surface area (Å²) in [4.78, 5) is 12.6. The van der Waals surface area contributed by atoms with E-state index >= 15 is 0 Å². The molecule has 1 rings (SSSR count). The monoisotopic (exact) mass is 129 g/mol. The average Bonchev–Trinajstić information content (AvgIpc) is 2.15. The highest BCUT2D eigenvalue weighted by Crippen LogP contribution is 2.14. The van der Waals surface area contributed by atoms with Crippen molar-refractivity contribution in [1.29, 1.82) is 0 Å². The third kappa shape index (κ3) is 1.05. The second-order valence-corrected chi connectivity index (χ2v) is 2.43. The predicted octanol–water partition coefficient (Wildman–Crippen LogP) is -0.543. The maximum atomic E-state index is 10.9. The maximum Gasteiger partial charge on any atom is 0.227 e. The molecule has 3 heteroatoms. The van der Waals surface area contributed by atoms with Gasteiger partial charge in [0.15, 0.2) is 0 Å². The van der Waals surface area contributed by atoms with Crippen LogP contribution >= 0.6 is 0 Å². The number of amides is 1. The Morgan fingerprint density at radius 1 is 1.89 bits per heavy atom. The molecule has 0 saturated carbocycles. The van der Waals surface area contributed by atoms with Crippen molar-refractivity contribution in [3.63, 3.8) is 0 Å². The van der Waals surface area contributed by atoms with Gasteiger partial charge in [-0.25, -0.2) is 0 Å². The SMILES string of the molecule is CN1CC[C@@H](CO)C1=O. The third-order valence-electron chi connectivity index (χ3n) is 1.76. The standard InChI is InChI=1S/C6H11NO2/c1-7-3-2-5(4-8)6(7)9/h5,8H,2-4H2,1H3/t5-/m0/s1. The molecule has 1 heterocycles. The molecule has 0 bridgehead atoms. The number of hydrogen-bond donors (Lipinski definition) is 1. The first-order chi connectivity index (χ1) is 4.25. The lowest BCUT2D eigenvalue weighted by Crippen LogP contribution is -2.23. The minimum atomic E-state index is -0.116. The fourth-order valence-electron chi connectivity index (χ4n) is 1.06. The Morgan fingerprint density at radius 3 is 2.78 bits per heavy atom. The Balaban J connectivity index is 2.51. The van der Waals surface area contributed by atoms with Crippen molar-refractivity contribution < 1.29 is 9.90 Å². The zero-order valence-electron chi connectivity index (χ0n) is 5.50. The van der Waals surface area contributed by atoms with Gasteiger partial charge in [0.05, 0.1) is 12.5 Å². The second kappa shape index (κ2) is 2.35. The van der Waals surface area contributed by atoms with Gasteiger partial charge in [-0.15, -0.1) is 0 Å². The second-order valence-electron chi connectivity index (χ2n) is 2.43. The quantitative estimate of drug-likeness (QED) is 0.516. The Kier molecular flexibility index (Phi) is 1.71. The minimum Gasteiger partial charge on any atom is -0.396 e. The van der Waals surface area contributed by atoms with Crippen LogP contribution in [0.4, 0.5) is 0 Å². The predicted molar refractivity (Wildman–Crippen MR) is 32.8 cm³/mol. The molecule has 1 aliphatic heterocycles. The molecule has 3 nitrogen and oxygen atoms in total. The van der Waals surface area contributed by atoms with Gasteiger partial charge in [0.25, 0.3) is 0 Å². The molecule has 0 aromatic rings. The fourth-order valence-corrected chi connectivity index (χ4v) is 1.06. The van der Waals surface area contributed by atoms with Gasteiger partial charge in [-0.3, -0.25) is 4.79 Å². The number of hydrogen-bond acceptors (Lipinski definition) is 2. The number of rotatable bonds is 1. The first-order valence-electron chi connectivity index (χ1n) is 3.11. The van der Waals surface area contributed by atoms with Crippen molar-refractivity contribution in [3.05, 3.63) is 0 Å². The van der Waals surface area contributed by atoms with E-state index in [0.717, 1.165) is 13.0 Å². The molecule has 1 fully saturated rings. The van der Waals surface area contributed by atoms with Crippen LogP contribution in [0.5, 0.6) is 0 Å². The first-order valence-corrected chi connectivity index (χ1v) is 3.11. The summed E-state index contributed by atoms with van der Waals surface area (Å²) >= 11 is 0. The largest absolute Gasteiger partial charge is 0.396 e. The third-order valence-corrected chi connectivity index (χ3v) is 1.76. The molecule has 0 aromatic carbocycles. The van der Waals surface area contributed by atoms with Crippen LogP contribution in [0.3, 0.4) is 0 Å². The van der Waals surface area contributed by atoms with Gasteiger partial charge in [-0.05, 0) is 6.42 Å². The lowest BCUT2D eigenvalue weighted by atomic mass is 10.1. The van der Waals surface area contributed by atoms with Crippen LogP contribution in [-0.4, -0.2) is 36.1 Å². The van der Waals surface area contributed by atoms with Crippen LogP contribution in [0.15, 0.2) is 0 Å². The van der Waals surface area contributed by atoms with Gasteiger partial charge in [0.2, 0.25) is 5.91 Å². The summed E-state index contributed by atoms with van der Waals surface area (Å²) in [6.07, 6.45) is 0.811. The molecule has 1 amide bonds. The van der Waals surface area contributed by atoms with Crippen molar-refractivity contribution in [1.82, 2.24) is 4.90 Å². The van der Waals surface area contributed by atoms with Gasteiger partial charge in [-0.2, -0.15) is 0 Å². The van der Waals surface area contributed by atoms with Crippen molar-refractivity contribution in [2.45, 2.75) is 6.42 Å². The van der Waals surface area contributed by atoms with Crippen LogP contribution in [0.25, 0.3) is 0 Å². The smallest absolute Gasteiger partial charge is 0.227 e. The van der Waals surface area contributed by atoms with Crippen molar-refractivity contribution in [3.8, 4) is 0 Å². The van der Waals surface area contributed by atoms with Crippen molar-refractivity contribution in [2.75, 3.05) is 20.2 Å². The Morgan fingerprint density at radius 2 is 2.56 bits per heavy atom. The van der Waals surface area contributed by atoms with E-state index in [4.69, 9.17) is 5.11 Å². The molecule has 0 spiro atoms. The summed E-state index contributed by atoms with van der Waals surface area (Å²) in [5.41, 5.74) is 0. The number of aliphatic hydroxyl groups excluding tert-OH is 1. The van der Waals surface area contributed by atoms with Gasteiger partial charge >= 0.3 is 0 Å². The Bertz CT molecular complexity index is 124. The number of nitrogens with zero attached hydrogens (tertiary/aromatic N) is 1. The molecule has 1 aliphatic rings. The Labute approximate surface area is 54.3 Å². The summed E-state index contributed by atoms with van der Waals surface area (Å²) in [7, 11) is 1.76. The zero-order chi connectivity index (χ0) is 6.85. The molecule has 52 valence electrons. The molecular formula is C6H11NO2. The van der Waals surface area contributed by atoms with Gasteiger partial charge in [-0.1, -0.05) is 0 Å². The van der Waals surface area contributed by atoms with E-state index in [1.807, 2.05) is 0 Å². The molecule has 1 atom stereocenters. The van der Waals surface area contributed by atoms with E-state index in [-0.39, 0.29) is 18.4 Å². The minimum absolute atomic E-state index is 0.00315. The molecule has 0 aromatic heterocycles. The highest BCUT2D eigenvalue weighted by Gasteiger charge is 2.27. The lowest BCUT2D eigenvalue weighted by molar-refractivity contribution is -0.130. The normalized spacial score (nSPS) is 27.6. The highest BCUT2D eigenvalue weighted by molar-refractivity contribution is 5.80. The molecule has 0 radical (unpaired) electrons. The van der Waals surface area contributed by atoms with E-state index in [9.17, 15) is 4.79 Å². The van der Waals surface area contributed by atoms with Crippen LogP contribution in [0.2, 0.25) is 0 Å². The molecule has 9 heavy (non-hydrogen) atoms.